The number of nitriles is 1. The zero-order valence-corrected chi connectivity index (χ0v) is 13.2. The van der Waals surface area contributed by atoms with Crippen molar-refractivity contribution < 1.29 is 9.50 Å². The van der Waals surface area contributed by atoms with E-state index in [0.29, 0.717) is 17.1 Å². The monoisotopic (exact) mass is 334 g/mol. The number of rotatable bonds is 5. The van der Waals surface area contributed by atoms with Gasteiger partial charge in [-0.3, -0.25) is 0 Å². The summed E-state index contributed by atoms with van der Waals surface area (Å²) >= 11 is 0. The second kappa shape index (κ2) is 7.51. The van der Waals surface area contributed by atoms with Gasteiger partial charge < -0.3 is 10.4 Å². The van der Waals surface area contributed by atoms with E-state index in [-0.39, 0.29) is 12.1 Å². The largest absolute Gasteiger partial charge is 0.387 e. The van der Waals surface area contributed by atoms with E-state index < -0.39 is 11.9 Å². The van der Waals surface area contributed by atoms with Gasteiger partial charge >= 0.3 is 0 Å². The van der Waals surface area contributed by atoms with E-state index >= 15 is 0 Å². The van der Waals surface area contributed by atoms with Crippen LogP contribution in [0.25, 0.3) is 11.3 Å². The summed E-state index contributed by atoms with van der Waals surface area (Å²) in [7, 11) is 0. The van der Waals surface area contributed by atoms with Gasteiger partial charge in [-0.25, -0.2) is 14.4 Å². The number of halogens is 1. The Bertz CT molecular complexity index is 909. The fraction of sp³-hybridized carbons (Fsp3) is 0.105. The highest BCUT2D eigenvalue weighted by Crippen LogP contribution is 2.22. The SMILES string of the molecule is N#Cc1cc(-c2cc(NCC(O)c3ccccc3)ncn2)ccc1F. The first kappa shape index (κ1) is 16.6. The molecule has 1 heterocycles. The van der Waals surface area contributed by atoms with Gasteiger partial charge in [0.2, 0.25) is 0 Å². The maximum atomic E-state index is 13.4. The number of hydrogen-bond donors (Lipinski definition) is 2. The number of aliphatic hydroxyl groups excluding tert-OH is 1. The van der Waals surface area contributed by atoms with E-state index in [1.807, 2.05) is 36.4 Å². The quantitative estimate of drug-likeness (QED) is 0.748. The van der Waals surface area contributed by atoms with Gasteiger partial charge in [-0.15, -0.1) is 0 Å². The number of nitrogens with one attached hydrogen (secondary N) is 1. The lowest BCUT2D eigenvalue weighted by atomic mass is 10.1. The highest BCUT2D eigenvalue weighted by atomic mass is 19.1. The van der Waals surface area contributed by atoms with E-state index in [1.165, 1.54) is 18.5 Å². The molecule has 3 rings (SSSR count). The summed E-state index contributed by atoms with van der Waals surface area (Å²) in [5.74, 6) is -0.0348. The van der Waals surface area contributed by atoms with E-state index in [2.05, 4.69) is 15.3 Å². The molecule has 1 aromatic heterocycles. The molecule has 2 aromatic carbocycles. The van der Waals surface area contributed by atoms with Gasteiger partial charge in [-0.1, -0.05) is 30.3 Å². The van der Waals surface area contributed by atoms with Crippen molar-refractivity contribution in [1.82, 2.24) is 9.97 Å². The van der Waals surface area contributed by atoms with Crippen LogP contribution in [0.3, 0.4) is 0 Å². The summed E-state index contributed by atoms with van der Waals surface area (Å²) in [5.41, 5.74) is 1.95. The molecule has 124 valence electrons. The lowest BCUT2D eigenvalue weighted by Gasteiger charge is -2.13. The van der Waals surface area contributed by atoms with Gasteiger partial charge in [0.25, 0.3) is 0 Å². The van der Waals surface area contributed by atoms with E-state index in [9.17, 15) is 9.50 Å². The molecule has 1 unspecified atom stereocenters. The van der Waals surface area contributed by atoms with Gasteiger partial charge in [0.15, 0.2) is 0 Å². The molecule has 0 spiro atoms. The topological polar surface area (TPSA) is 81.8 Å². The van der Waals surface area contributed by atoms with Crippen LogP contribution >= 0.6 is 0 Å². The fourth-order valence-electron chi connectivity index (χ4n) is 2.38. The van der Waals surface area contributed by atoms with Crippen LogP contribution in [0, 0.1) is 17.1 Å². The van der Waals surface area contributed by atoms with Crippen LogP contribution in [0.15, 0.2) is 60.9 Å². The van der Waals surface area contributed by atoms with Crippen molar-refractivity contribution in [3.05, 3.63) is 77.9 Å². The molecule has 0 radical (unpaired) electrons. The molecule has 0 aliphatic heterocycles. The molecule has 0 amide bonds. The third-order valence-electron chi connectivity index (χ3n) is 3.71. The van der Waals surface area contributed by atoms with Crippen molar-refractivity contribution in [2.24, 2.45) is 0 Å². The molecule has 0 aliphatic rings. The summed E-state index contributed by atoms with van der Waals surface area (Å²) in [6.07, 6.45) is 0.706. The Kier molecular flexibility index (Phi) is 4.97. The summed E-state index contributed by atoms with van der Waals surface area (Å²) < 4.78 is 13.4. The second-order valence-electron chi connectivity index (χ2n) is 5.40. The minimum absolute atomic E-state index is 0.0369. The molecule has 0 bridgehead atoms. The van der Waals surface area contributed by atoms with E-state index in [1.54, 1.807) is 12.1 Å². The molecular weight excluding hydrogens is 319 g/mol. The van der Waals surface area contributed by atoms with Crippen molar-refractivity contribution in [2.75, 3.05) is 11.9 Å². The van der Waals surface area contributed by atoms with E-state index in [4.69, 9.17) is 5.26 Å². The lowest BCUT2D eigenvalue weighted by molar-refractivity contribution is 0.191. The molecular formula is C19H15FN4O. The summed E-state index contributed by atoms with van der Waals surface area (Å²) in [4.78, 5) is 8.27. The van der Waals surface area contributed by atoms with Crippen LogP contribution in [-0.2, 0) is 0 Å². The molecule has 25 heavy (non-hydrogen) atoms. The lowest BCUT2D eigenvalue weighted by Crippen LogP contribution is -2.13. The maximum absolute atomic E-state index is 13.4. The average molecular weight is 334 g/mol. The number of aromatic nitrogens is 2. The molecule has 6 heteroatoms. The minimum Gasteiger partial charge on any atom is -0.387 e. The second-order valence-corrected chi connectivity index (χ2v) is 5.40. The number of benzene rings is 2. The molecule has 1 atom stereocenters. The number of aliphatic hydroxyl groups is 1. The number of hydrogen-bond acceptors (Lipinski definition) is 5. The average Bonchev–Trinajstić information content (AvgIpc) is 2.67. The zero-order chi connectivity index (χ0) is 17.6. The van der Waals surface area contributed by atoms with Crippen molar-refractivity contribution >= 4 is 5.82 Å². The van der Waals surface area contributed by atoms with Crippen molar-refractivity contribution in [3.8, 4) is 17.3 Å². The van der Waals surface area contributed by atoms with Gasteiger partial charge in [0.05, 0.1) is 17.4 Å². The van der Waals surface area contributed by atoms with Crippen molar-refractivity contribution in [1.29, 1.82) is 5.26 Å². The molecule has 2 N–H and O–H groups in total. The van der Waals surface area contributed by atoms with Crippen LogP contribution in [-0.4, -0.2) is 21.6 Å². The third kappa shape index (κ3) is 3.97. The van der Waals surface area contributed by atoms with Gasteiger partial charge in [-0.05, 0) is 23.8 Å². The van der Waals surface area contributed by atoms with E-state index in [0.717, 1.165) is 5.56 Å². The Balaban J connectivity index is 1.75. The maximum Gasteiger partial charge on any atom is 0.140 e. The summed E-state index contributed by atoms with van der Waals surface area (Å²) in [6, 6.07) is 17.0. The smallest absolute Gasteiger partial charge is 0.140 e. The van der Waals surface area contributed by atoms with Gasteiger partial charge in [0.1, 0.15) is 24.0 Å². The Morgan fingerprint density at radius 2 is 1.92 bits per heavy atom. The van der Waals surface area contributed by atoms with Crippen LogP contribution in [0.4, 0.5) is 10.2 Å². The molecule has 0 fully saturated rings. The first-order valence-corrected chi connectivity index (χ1v) is 7.66. The third-order valence-corrected chi connectivity index (χ3v) is 3.71. The molecule has 3 aromatic rings. The highest BCUT2D eigenvalue weighted by molar-refractivity contribution is 5.64. The fourth-order valence-corrected chi connectivity index (χ4v) is 2.38. The Morgan fingerprint density at radius 3 is 2.68 bits per heavy atom. The van der Waals surface area contributed by atoms with Gasteiger partial charge in [0, 0.05) is 18.2 Å². The number of anilines is 1. The van der Waals surface area contributed by atoms with Crippen LogP contribution in [0.5, 0.6) is 0 Å². The minimum atomic E-state index is -0.671. The van der Waals surface area contributed by atoms with Crippen molar-refractivity contribution in [2.45, 2.75) is 6.10 Å². The molecule has 0 aliphatic carbocycles. The predicted octanol–water partition coefficient (Wildman–Crippen LogP) is 3.30. The van der Waals surface area contributed by atoms with Crippen LogP contribution in [0.2, 0.25) is 0 Å². The normalized spacial score (nSPS) is 11.6. The highest BCUT2D eigenvalue weighted by Gasteiger charge is 2.09. The Hall–Kier alpha value is -3.30. The molecule has 0 saturated heterocycles. The van der Waals surface area contributed by atoms with Crippen LogP contribution < -0.4 is 5.32 Å². The zero-order valence-electron chi connectivity index (χ0n) is 13.2. The summed E-state index contributed by atoms with van der Waals surface area (Å²) in [5, 5.41) is 22.2. The Morgan fingerprint density at radius 1 is 1.12 bits per heavy atom. The first-order valence-electron chi connectivity index (χ1n) is 7.66. The predicted molar refractivity (Wildman–Crippen MR) is 92.0 cm³/mol. The molecule has 0 saturated carbocycles. The Labute approximate surface area is 144 Å². The molecule has 5 nitrogen and oxygen atoms in total. The van der Waals surface area contributed by atoms with Crippen molar-refractivity contribution in [3.63, 3.8) is 0 Å². The number of nitrogens with zero attached hydrogens (tertiary/aromatic N) is 3. The first-order chi connectivity index (χ1) is 12.2. The van der Waals surface area contributed by atoms with Crippen LogP contribution in [0.1, 0.15) is 17.2 Å². The van der Waals surface area contributed by atoms with Gasteiger partial charge in [-0.2, -0.15) is 5.26 Å². The summed E-state index contributed by atoms with van der Waals surface area (Å²) in [6.45, 7) is 0.285. The standard InChI is InChI=1S/C19H15FN4O/c20-16-7-6-14(8-15(16)10-21)17-9-19(24-12-23-17)22-11-18(25)13-4-2-1-3-5-13/h1-9,12,18,25H,11H2,(H,22,23,24).